The maximum atomic E-state index is 9.50. The molecule has 2 heterocycles. The number of rotatable bonds is 7. The molecule has 0 saturated carbocycles. The smallest absolute Gasteiger partial charge is 0.226 e. The highest BCUT2D eigenvalue weighted by Gasteiger charge is 2.27. The number of nitrogens with zero attached hydrogens (tertiary/aromatic N) is 3. The summed E-state index contributed by atoms with van der Waals surface area (Å²) in [6.07, 6.45) is 0.337. The lowest BCUT2D eigenvalue weighted by molar-refractivity contribution is 0.143. The molecule has 5 N–H and O–H groups in total. The van der Waals surface area contributed by atoms with Crippen LogP contribution in [0.3, 0.4) is 0 Å². The van der Waals surface area contributed by atoms with E-state index in [1.165, 1.54) is 0 Å². The number of aromatic nitrogens is 2. The van der Waals surface area contributed by atoms with Gasteiger partial charge in [0.2, 0.25) is 5.28 Å². The van der Waals surface area contributed by atoms with E-state index >= 15 is 0 Å². The lowest BCUT2D eigenvalue weighted by atomic mass is 10.2. The lowest BCUT2D eigenvalue weighted by Gasteiger charge is -2.21. The molecule has 0 amide bonds. The summed E-state index contributed by atoms with van der Waals surface area (Å²) in [6.45, 7) is 3.73. The summed E-state index contributed by atoms with van der Waals surface area (Å²) < 4.78 is 5.17. The van der Waals surface area contributed by atoms with E-state index in [1.54, 1.807) is 14.0 Å². The van der Waals surface area contributed by atoms with Crippen molar-refractivity contribution in [2.24, 2.45) is 0 Å². The summed E-state index contributed by atoms with van der Waals surface area (Å²) in [7, 11) is 1.64. The maximum absolute atomic E-state index is 9.50. The second-order valence-corrected chi connectivity index (χ2v) is 6.89. The molecule has 0 bridgehead atoms. The molecule has 1 unspecified atom stereocenters. The molecular weight excluding hydrogens is 368 g/mol. The number of anilines is 3. The predicted octanol–water partition coefficient (Wildman–Crippen LogP) is 1.84. The molecule has 9 heteroatoms. The van der Waals surface area contributed by atoms with E-state index in [2.05, 4.69) is 25.5 Å². The van der Waals surface area contributed by atoms with E-state index in [0.717, 1.165) is 24.3 Å². The number of nitrogens with one attached hydrogen (secondary N) is 2. The van der Waals surface area contributed by atoms with Gasteiger partial charge in [0.15, 0.2) is 11.6 Å². The van der Waals surface area contributed by atoms with Crippen molar-refractivity contribution in [2.45, 2.75) is 32.2 Å². The number of aliphatic hydroxyl groups is 1. The van der Waals surface area contributed by atoms with Gasteiger partial charge in [-0.15, -0.1) is 0 Å². The molecule has 27 heavy (non-hydrogen) atoms. The number of benzene rings is 1. The van der Waals surface area contributed by atoms with E-state index in [4.69, 9.17) is 22.1 Å². The minimum atomic E-state index is -0.553. The third kappa shape index (κ3) is 4.91. The molecule has 3 rings (SSSR count). The average molecular weight is 393 g/mol. The van der Waals surface area contributed by atoms with Gasteiger partial charge in [0.1, 0.15) is 17.7 Å². The van der Waals surface area contributed by atoms with Gasteiger partial charge in [-0.05, 0) is 42.6 Å². The van der Waals surface area contributed by atoms with Crippen LogP contribution < -0.4 is 26.0 Å². The molecule has 1 aliphatic heterocycles. The molecule has 1 saturated heterocycles. The van der Waals surface area contributed by atoms with E-state index in [0.29, 0.717) is 30.4 Å². The zero-order valence-corrected chi connectivity index (χ0v) is 16.2. The maximum Gasteiger partial charge on any atom is 0.226 e. The van der Waals surface area contributed by atoms with Crippen LogP contribution in [-0.2, 0) is 6.54 Å². The number of hydrogen-bond donors (Lipinski definition) is 4. The van der Waals surface area contributed by atoms with Crippen LogP contribution in [0.5, 0.6) is 5.75 Å². The zero-order chi connectivity index (χ0) is 19.4. The first-order valence-electron chi connectivity index (χ1n) is 8.85. The van der Waals surface area contributed by atoms with Crippen LogP contribution in [0.2, 0.25) is 5.28 Å². The topological polar surface area (TPSA) is 109 Å². The van der Waals surface area contributed by atoms with Gasteiger partial charge in [-0.3, -0.25) is 5.32 Å². The Hall–Kier alpha value is -2.29. The largest absolute Gasteiger partial charge is 0.497 e. The molecule has 1 aromatic heterocycles. The average Bonchev–Trinajstić information content (AvgIpc) is 3.10. The van der Waals surface area contributed by atoms with Crippen LogP contribution in [-0.4, -0.2) is 47.5 Å². The van der Waals surface area contributed by atoms with E-state index in [1.807, 2.05) is 24.3 Å². The quantitative estimate of drug-likeness (QED) is 0.417. The predicted molar refractivity (Wildman–Crippen MR) is 107 cm³/mol. The fraction of sp³-hybridized carbons (Fsp3) is 0.444. The molecule has 1 aliphatic rings. The van der Waals surface area contributed by atoms with Crippen LogP contribution in [0, 0.1) is 0 Å². The van der Waals surface area contributed by atoms with E-state index in [-0.39, 0.29) is 11.3 Å². The van der Waals surface area contributed by atoms with Crippen LogP contribution in [0.15, 0.2) is 24.3 Å². The Bertz CT molecular complexity index is 771. The first-order valence-corrected chi connectivity index (χ1v) is 9.23. The van der Waals surface area contributed by atoms with Crippen LogP contribution in [0.25, 0.3) is 0 Å². The standard InChI is InChI=1S/C18H25ClN6O2/c1-11(26)22-13-7-8-25(10-13)17-15(20)16(23-18(19)24-17)21-9-12-3-5-14(27-2)6-4-12/h3-6,11,13,22,26H,7-10,20H2,1-2H3,(H,21,23,24)/t11?,13-/m0/s1. The Morgan fingerprint density at radius 3 is 2.78 bits per heavy atom. The van der Waals surface area contributed by atoms with E-state index in [9.17, 15) is 5.11 Å². The molecule has 1 aromatic carbocycles. The highest BCUT2D eigenvalue weighted by molar-refractivity contribution is 6.28. The minimum absolute atomic E-state index is 0.142. The van der Waals surface area contributed by atoms with Crippen molar-refractivity contribution in [2.75, 3.05) is 36.1 Å². The number of hydrogen-bond acceptors (Lipinski definition) is 8. The SMILES string of the molecule is COc1ccc(CNc2nc(Cl)nc(N3CC[C@H](NC(C)O)C3)c2N)cc1. The van der Waals surface area contributed by atoms with Crippen molar-refractivity contribution in [1.29, 1.82) is 0 Å². The van der Waals surface area contributed by atoms with Crippen molar-refractivity contribution in [3.8, 4) is 5.75 Å². The second kappa shape index (κ2) is 8.60. The molecular formula is C18H25ClN6O2. The number of halogens is 1. The molecule has 0 radical (unpaired) electrons. The highest BCUT2D eigenvalue weighted by atomic mass is 35.5. The highest BCUT2D eigenvalue weighted by Crippen LogP contribution is 2.31. The molecule has 8 nitrogen and oxygen atoms in total. The summed E-state index contributed by atoms with van der Waals surface area (Å²) in [5.74, 6) is 1.93. The third-order valence-corrected chi connectivity index (χ3v) is 4.65. The summed E-state index contributed by atoms with van der Waals surface area (Å²) in [6, 6.07) is 7.92. The van der Waals surface area contributed by atoms with Gasteiger partial charge in [-0.25, -0.2) is 0 Å². The van der Waals surface area contributed by atoms with Gasteiger partial charge >= 0.3 is 0 Å². The van der Waals surface area contributed by atoms with Gasteiger partial charge in [0.05, 0.1) is 7.11 Å². The summed E-state index contributed by atoms with van der Waals surface area (Å²) >= 11 is 6.13. The normalized spacial score (nSPS) is 17.8. The molecule has 2 atom stereocenters. The van der Waals surface area contributed by atoms with Crippen molar-refractivity contribution in [3.05, 3.63) is 35.1 Å². The molecule has 0 aliphatic carbocycles. The number of ether oxygens (including phenoxy) is 1. The van der Waals surface area contributed by atoms with Crippen LogP contribution in [0.4, 0.5) is 17.3 Å². The Labute approximate surface area is 163 Å². The van der Waals surface area contributed by atoms with Gasteiger partial charge in [0, 0.05) is 25.7 Å². The Balaban J connectivity index is 1.71. The summed E-state index contributed by atoms with van der Waals surface area (Å²) in [4.78, 5) is 10.6. The molecule has 2 aromatic rings. The summed E-state index contributed by atoms with van der Waals surface area (Å²) in [5, 5.41) is 16.0. The lowest BCUT2D eigenvalue weighted by Crippen LogP contribution is -2.38. The van der Waals surface area contributed by atoms with Crippen molar-refractivity contribution in [3.63, 3.8) is 0 Å². The Kier molecular flexibility index (Phi) is 6.20. The number of methoxy groups -OCH3 is 1. The Morgan fingerprint density at radius 2 is 2.11 bits per heavy atom. The molecule has 0 spiro atoms. The first kappa shape index (κ1) is 19.5. The van der Waals surface area contributed by atoms with Gasteiger partial charge < -0.3 is 25.8 Å². The number of nitrogens with two attached hydrogens (primary N) is 1. The van der Waals surface area contributed by atoms with E-state index < -0.39 is 6.23 Å². The monoisotopic (exact) mass is 392 g/mol. The second-order valence-electron chi connectivity index (χ2n) is 6.55. The number of aliphatic hydroxyl groups excluding tert-OH is 1. The Morgan fingerprint density at radius 1 is 1.37 bits per heavy atom. The number of nitrogen functional groups attached to an aromatic ring is 1. The molecule has 146 valence electrons. The van der Waals surface area contributed by atoms with Gasteiger partial charge in [-0.1, -0.05) is 12.1 Å². The molecule has 1 fully saturated rings. The first-order chi connectivity index (χ1) is 13.0. The van der Waals surface area contributed by atoms with Crippen LogP contribution in [0.1, 0.15) is 18.9 Å². The third-order valence-electron chi connectivity index (χ3n) is 4.48. The fourth-order valence-electron chi connectivity index (χ4n) is 3.17. The van der Waals surface area contributed by atoms with Crippen molar-refractivity contribution >= 4 is 28.9 Å². The van der Waals surface area contributed by atoms with Gasteiger partial charge in [-0.2, -0.15) is 9.97 Å². The van der Waals surface area contributed by atoms with Gasteiger partial charge in [0.25, 0.3) is 0 Å². The van der Waals surface area contributed by atoms with Crippen molar-refractivity contribution in [1.82, 2.24) is 15.3 Å². The minimum Gasteiger partial charge on any atom is -0.497 e. The van der Waals surface area contributed by atoms with Crippen LogP contribution >= 0.6 is 11.6 Å². The zero-order valence-electron chi connectivity index (χ0n) is 15.4. The summed E-state index contributed by atoms with van der Waals surface area (Å²) in [5.41, 5.74) is 7.84. The fourth-order valence-corrected chi connectivity index (χ4v) is 3.33. The van der Waals surface area contributed by atoms with Crippen molar-refractivity contribution < 1.29 is 9.84 Å².